The lowest BCUT2D eigenvalue weighted by Crippen LogP contribution is -2.36. The van der Waals surface area contributed by atoms with Gasteiger partial charge in [-0.2, -0.15) is 0 Å². The molecule has 2 atom stereocenters. The van der Waals surface area contributed by atoms with E-state index in [1.807, 2.05) is 48.7 Å². The summed E-state index contributed by atoms with van der Waals surface area (Å²) in [5, 5.41) is 3.23. The van der Waals surface area contributed by atoms with Crippen LogP contribution in [0.4, 0.5) is 5.69 Å². The summed E-state index contributed by atoms with van der Waals surface area (Å²) in [6.07, 6.45) is 4.61. The van der Waals surface area contributed by atoms with E-state index in [0.29, 0.717) is 12.5 Å². The first-order valence-corrected chi connectivity index (χ1v) is 10.7. The highest BCUT2D eigenvalue weighted by molar-refractivity contribution is 7.98. The molecule has 1 N–H and O–H groups in total. The number of nitrogens with zero attached hydrogens (tertiary/aromatic N) is 1. The fourth-order valence-corrected chi connectivity index (χ4v) is 4.14. The summed E-state index contributed by atoms with van der Waals surface area (Å²) in [6.45, 7) is 0.454. The molecule has 0 spiro atoms. The second-order valence-corrected chi connectivity index (χ2v) is 8.22. The lowest BCUT2D eigenvalue weighted by Gasteiger charge is -2.21. The highest BCUT2D eigenvalue weighted by atomic mass is 32.2. The summed E-state index contributed by atoms with van der Waals surface area (Å²) in [7, 11) is 0. The first-order chi connectivity index (χ1) is 13.2. The Morgan fingerprint density at radius 3 is 2.44 bits per heavy atom. The first kappa shape index (κ1) is 18.1. The normalized spacial score (nSPS) is 20.6. The van der Waals surface area contributed by atoms with Crippen molar-refractivity contribution in [2.75, 3.05) is 17.7 Å². The Morgan fingerprint density at radius 2 is 1.81 bits per heavy atom. The molecule has 0 bridgehead atoms. The lowest BCUT2D eigenvalue weighted by atomic mass is 10.0. The minimum atomic E-state index is -0.289. The largest absolute Gasteiger partial charge is 0.349 e. The molecule has 0 unspecified atom stereocenters. The second-order valence-electron chi connectivity index (χ2n) is 7.34. The summed E-state index contributed by atoms with van der Waals surface area (Å²) in [5.41, 5.74) is 2.03. The van der Waals surface area contributed by atoms with Gasteiger partial charge in [-0.1, -0.05) is 30.3 Å². The fourth-order valence-electron chi connectivity index (χ4n) is 3.73. The molecule has 1 aliphatic heterocycles. The SMILES string of the molecule is CSc1ccc(N2C[C@@H](C(=O)N[C@@H](c3ccccc3)C3CC3)CC2=O)cc1. The number of carbonyl (C=O) groups is 2. The predicted molar refractivity (Wildman–Crippen MR) is 109 cm³/mol. The van der Waals surface area contributed by atoms with Crippen LogP contribution in [0.5, 0.6) is 0 Å². The zero-order valence-electron chi connectivity index (χ0n) is 15.4. The summed E-state index contributed by atoms with van der Waals surface area (Å²) in [5.74, 6) is 0.244. The Balaban J connectivity index is 1.44. The number of thioether (sulfide) groups is 1. The van der Waals surface area contributed by atoms with Crippen LogP contribution in [0.3, 0.4) is 0 Å². The highest BCUT2D eigenvalue weighted by Crippen LogP contribution is 2.41. The van der Waals surface area contributed by atoms with E-state index in [1.165, 1.54) is 0 Å². The summed E-state index contributed by atoms with van der Waals surface area (Å²) in [6, 6.07) is 18.2. The number of amides is 2. The van der Waals surface area contributed by atoms with Crippen LogP contribution in [0, 0.1) is 11.8 Å². The molecule has 1 saturated heterocycles. The monoisotopic (exact) mass is 380 g/mol. The van der Waals surface area contributed by atoms with Crippen LogP contribution >= 0.6 is 11.8 Å². The van der Waals surface area contributed by atoms with Crippen molar-refractivity contribution in [3.63, 3.8) is 0 Å². The molecular formula is C22H24N2O2S. The van der Waals surface area contributed by atoms with E-state index in [4.69, 9.17) is 0 Å². The molecule has 1 aliphatic carbocycles. The average Bonchev–Trinajstić information content (AvgIpc) is 3.48. The topological polar surface area (TPSA) is 49.4 Å². The van der Waals surface area contributed by atoms with Crippen molar-refractivity contribution < 1.29 is 9.59 Å². The van der Waals surface area contributed by atoms with E-state index in [1.54, 1.807) is 16.7 Å². The predicted octanol–water partition coefficient (Wildman–Crippen LogP) is 4.03. The molecule has 0 radical (unpaired) electrons. The maximum absolute atomic E-state index is 12.9. The van der Waals surface area contributed by atoms with Crippen LogP contribution in [0.25, 0.3) is 0 Å². The third-order valence-electron chi connectivity index (χ3n) is 5.43. The van der Waals surface area contributed by atoms with Gasteiger partial charge in [0.15, 0.2) is 0 Å². The van der Waals surface area contributed by atoms with Crippen molar-refractivity contribution >= 4 is 29.3 Å². The Bertz CT molecular complexity index is 818. The molecule has 2 fully saturated rings. The van der Waals surface area contributed by atoms with E-state index in [2.05, 4.69) is 17.4 Å². The van der Waals surface area contributed by atoms with E-state index >= 15 is 0 Å². The molecule has 2 aromatic rings. The van der Waals surface area contributed by atoms with Crippen LogP contribution in [-0.2, 0) is 9.59 Å². The molecule has 4 nitrogen and oxygen atoms in total. The Kier molecular flexibility index (Phi) is 5.21. The summed E-state index contributed by atoms with van der Waals surface area (Å²) in [4.78, 5) is 28.3. The van der Waals surface area contributed by atoms with Gasteiger partial charge in [0.2, 0.25) is 11.8 Å². The van der Waals surface area contributed by atoms with Gasteiger partial charge in [-0.15, -0.1) is 11.8 Å². The zero-order chi connectivity index (χ0) is 18.8. The molecule has 2 aliphatic rings. The molecule has 0 aromatic heterocycles. The van der Waals surface area contributed by atoms with Crippen LogP contribution in [0.1, 0.15) is 30.9 Å². The van der Waals surface area contributed by atoms with Gasteiger partial charge in [0, 0.05) is 23.5 Å². The third-order valence-corrected chi connectivity index (χ3v) is 6.17. The number of rotatable bonds is 6. The molecule has 1 heterocycles. The molecular weight excluding hydrogens is 356 g/mol. The molecule has 2 aromatic carbocycles. The van der Waals surface area contributed by atoms with Crippen molar-refractivity contribution in [2.24, 2.45) is 11.8 Å². The van der Waals surface area contributed by atoms with Crippen molar-refractivity contribution in [3.8, 4) is 0 Å². The van der Waals surface area contributed by atoms with E-state index in [-0.39, 0.29) is 30.2 Å². The van der Waals surface area contributed by atoms with Crippen molar-refractivity contribution in [3.05, 3.63) is 60.2 Å². The number of benzene rings is 2. The van der Waals surface area contributed by atoms with Crippen LogP contribution in [0.15, 0.2) is 59.5 Å². The van der Waals surface area contributed by atoms with Gasteiger partial charge in [0.05, 0.1) is 12.0 Å². The van der Waals surface area contributed by atoms with Gasteiger partial charge in [-0.3, -0.25) is 9.59 Å². The molecule has 2 amide bonds. The zero-order valence-corrected chi connectivity index (χ0v) is 16.2. The van der Waals surface area contributed by atoms with E-state index < -0.39 is 0 Å². The Morgan fingerprint density at radius 1 is 1.11 bits per heavy atom. The maximum Gasteiger partial charge on any atom is 0.227 e. The molecule has 1 saturated carbocycles. The van der Waals surface area contributed by atoms with Gasteiger partial charge in [0.25, 0.3) is 0 Å². The summed E-state index contributed by atoms with van der Waals surface area (Å²) < 4.78 is 0. The second kappa shape index (κ2) is 7.77. The van der Waals surface area contributed by atoms with E-state index in [9.17, 15) is 9.59 Å². The van der Waals surface area contributed by atoms with Crippen molar-refractivity contribution in [1.82, 2.24) is 5.32 Å². The quantitative estimate of drug-likeness (QED) is 0.770. The van der Waals surface area contributed by atoms with E-state index in [0.717, 1.165) is 29.0 Å². The van der Waals surface area contributed by atoms with Crippen molar-refractivity contribution in [2.45, 2.75) is 30.2 Å². The number of nitrogens with one attached hydrogen (secondary N) is 1. The number of carbonyl (C=O) groups excluding carboxylic acids is 2. The van der Waals surface area contributed by atoms with Crippen LogP contribution in [-0.4, -0.2) is 24.6 Å². The minimum Gasteiger partial charge on any atom is -0.349 e. The minimum absolute atomic E-state index is 0.00710. The smallest absolute Gasteiger partial charge is 0.227 e. The number of hydrogen-bond donors (Lipinski definition) is 1. The molecule has 4 rings (SSSR count). The molecule has 27 heavy (non-hydrogen) atoms. The fraction of sp³-hybridized carbons (Fsp3) is 0.364. The third kappa shape index (κ3) is 4.03. The van der Waals surface area contributed by atoms with Gasteiger partial charge >= 0.3 is 0 Å². The Labute approximate surface area is 164 Å². The Hall–Kier alpha value is -2.27. The van der Waals surface area contributed by atoms with Gasteiger partial charge in [-0.25, -0.2) is 0 Å². The van der Waals surface area contributed by atoms with Gasteiger partial charge < -0.3 is 10.2 Å². The lowest BCUT2D eigenvalue weighted by molar-refractivity contribution is -0.127. The van der Waals surface area contributed by atoms with Gasteiger partial charge in [-0.05, 0) is 54.8 Å². The molecule has 5 heteroatoms. The average molecular weight is 381 g/mol. The van der Waals surface area contributed by atoms with Crippen molar-refractivity contribution in [1.29, 1.82) is 0 Å². The number of anilines is 1. The standard InChI is InChI=1S/C22H24N2O2S/c1-27-19-11-9-18(10-12-19)24-14-17(13-20(24)25)22(26)23-21(16-7-8-16)15-5-3-2-4-6-15/h2-6,9-12,16-17,21H,7-8,13-14H2,1H3,(H,23,26)/t17-,21-/m0/s1. The summed E-state index contributed by atoms with van der Waals surface area (Å²) >= 11 is 1.67. The first-order valence-electron chi connectivity index (χ1n) is 9.45. The highest BCUT2D eigenvalue weighted by Gasteiger charge is 2.39. The molecule has 140 valence electrons. The van der Waals surface area contributed by atoms with Crippen LogP contribution < -0.4 is 10.2 Å². The van der Waals surface area contributed by atoms with Gasteiger partial charge in [0.1, 0.15) is 0 Å². The maximum atomic E-state index is 12.9. The van der Waals surface area contributed by atoms with Crippen LogP contribution in [0.2, 0.25) is 0 Å². The number of hydrogen-bond acceptors (Lipinski definition) is 3.